The van der Waals surface area contributed by atoms with E-state index in [1.54, 1.807) is 0 Å². The van der Waals surface area contributed by atoms with Crippen molar-refractivity contribution >= 4 is 6.29 Å². The maximum absolute atomic E-state index is 10.8. The van der Waals surface area contributed by atoms with Gasteiger partial charge >= 0.3 is 0 Å². The average molecular weight is 293 g/mol. The zero-order chi connectivity index (χ0) is 15.6. The molecule has 0 aromatic rings. The molecule has 0 amide bonds. The minimum Gasteiger partial charge on any atom is -0.302 e. The highest BCUT2D eigenvalue weighted by Crippen LogP contribution is 2.12. The van der Waals surface area contributed by atoms with Crippen LogP contribution in [-0.4, -0.2) is 18.9 Å². The normalized spacial score (nSPS) is 12.0. The zero-order valence-electron chi connectivity index (χ0n) is 14.0. The molecule has 0 heterocycles. The van der Waals surface area contributed by atoms with Crippen molar-refractivity contribution in [2.75, 3.05) is 6.54 Å². The summed E-state index contributed by atoms with van der Waals surface area (Å²) in [7, 11) is 0. The van der Waals surface area contributed by atoms with Crippen molar-refractivity contribution in [2.24, 2.45) is 0 Å². The van der Waals surface area contributed by atoms with E-state index in [0.29, 0.717) is 6.54 Å². The third kappa shape index (κ3) is 15.4. The molecule has 1 N–H and O–H groups in total. The lowest BCUT2D eigenvalue weighted by Gasteiger charge is -2.09. The lowest BCUT2D eigenvalue weighted by atomic mass is 10.0. The summed E-state index contributed by atoms with van der Waals surface area (Å²) in [6.07, 6.45) is 23.3. The fourth-order valence-corrected chi connectivity index (χ4v) is 2.61. The van der Waals surface area contributed by atoms with Gasteiger partial charge in [0, 0.05) is 0 Å². The molecule has 1 unspecified atom stereocenters. The molecule has 0 saturated carbocycles. The molecule has 0 aliphatic carbocycles. The summed E-state index contributed by atoms with van der Waals surface area (Å²) in [4.78, 5) is 10.8. The Morgan fingerprint density at radius 3 is 1.81 bits per heavy atom. The summed E-state index contributed by atoms with van der Waals surface area (Å²) in [5.74, 6) is 2.51. The number of carbonyl (C=O) groups excluding carboxylic acids is 1. The van der Waals surface area contributed by atoms with Gasteiger partial charge in [-0.15, -0.1) is 6.42 Å². The number of aldehydes is 1. The van der Waals surface area contributed by atoms with Crippen LogP contribution in [0.2, 0.25) is 0 Å². The van der Waals surface area contributed by atoms with Crippen molar-refractivity contribution in [3.8, 4) is 12.3 Å². The molecule has 0 aliphatic rings. The maximum atomic E-state index is 10.8. The minimum atomic E-state index is -0.0517. The predicted octanol–water partition coefficient (Wildman–Crippen LogP) is 4.87. The highest BCUT2D eigenvalue weighted by molar-refractivity contribution is 5.57. The first-order chi connectivity index (χ1) is 10.3. The molecule has 122 valence electrons. The Balaban J connectivity index is 3.18. The molecule has 0 aromatic heterocycles. The Morgan fingerprint density at radius 2 is 1.38 bits per heavy atom. The van der Waals surface area contributed by atoms with Crippen LogP contribution in [0, 0.1) is 12.3 Å². The summed E-state index contributed by atoms with van der Waals surface area (Å²) in [5, 5.41) is 3.05. The number of nitrogens with one attached hydrogen (secondary N) is 1. The molecule has 0 aromatic carbocycles. The van der Waals surface area contributed by atoms with Gasteiger partial charge in [-0.25, -0.2) is 0 Å². The lowest BCUT2D eigenvalue weighted by molar-refractivity contribution is -0.109. The second-order valence-corrected chi connectivity index (χ2v) is 6.01. The van der Waals surface area contributed by atoms with Crippen LogP contribution in [0.5, 0.6) is 0 Å². The Labute approximate surface area is 132 Å². The molecule has 0 rings (SSSR count). The van der Waals surface area contributed by atoms with E-state index < -0.39 is 0 Å². The summed E-state index contributed by atoms with van der Waals surface area (Å²) >= 11 is 0. The fourth-order valence-electron chi connectivity index (χ4n) is 2.61. The molecule has 0 radical (unpaired) electrons. The van der Waals surface area contributed by atoms with Crippen LogP contribution in [0.25, 0.3) is 0 Å². The summed E-state index contributed by atoms with van der Waals surface area (Å²) in [6.45, 7) is 2.75. The smallest absolute Gasteiger partial charge is 0.136 e. The van der Waals surface area contributed by atoms with E-state index in [4.69, 9.17) is 6.42 Å². The first-order valence-corrected chi connectivity index (χ1v) is 8.97. The van der Waals surface area contributed by atoms with E-state index in [9.17, 15) is 4.79 Å². The van der Waals surface area contributed by atoms with E-state index in [1.807, 2.05) is 0 Å². The molecule has 0 aliphatic heterocycles. The molecule has 2 heteroatoms. The standard InChI is InChI=1S/C19H35NO/c1-3-5-6-7-8-9-10-11-12-13-14-15-16-19(18-21)20-17-4-2/h2,18-20H,3,5-17H2,1H3. The summed E-state index contributed by atoms with van der Waals surface area (Å²) in [5.41, 5.74) is 0. The lowest BCUT2D eigenvalue weighted by Crippen LogP contribution is -2.30. The van der Waals surface area contributed by atoms with E-state index in [2.05, 4.69) is 18.2 Å². The van der Waals surface area contributed by atoms with E-state index in [-0.39, 0.29) is 6.04 Å². The van der Waals surface area contributed by atoms with Gasteiger partial charge in [0.25, 0.3) is 0 Å². The van der Waals surface area contributed by atoms with Gasteiger partial charge in [-0.2, -0.15) is 0 Å². The van der Waals surface area contributed by atoms with E-state index >= 15 is 0 Å². The number of carbonyl (C=O) groups is 1. The second kappa shape index (κ2) is 17.2. The van der Waals surface area contributed by atoms with Gasteiger partial charge in [0.1, 0.15) is 6.29 Å². The van der Waals surface area contributed by atoms with Crippen molar-refractivity contribution < 1.29 is 4.79 Å². The van der Waals surface area contributed by atoms with E-state index in [0.717, 1.165) is 19.1 Å². The molecule has 0 fully saturated rings. The summed E-state index contributed by atoms with van der Waals surface area (Å²) < 4.78 is 0. The Bertz CT molecular complexity index is 257. The summed E-state index contributed by atoms with van der Waals surface area (Å²) in [6, 6.07) is -0.0517. The third-order valence-corrected chi connectivity index (χ3v) is 4.00. The van der Waals surface area contributed by atoms with Crippen LogP contribution in [0.15, 0.2) is 0 Å². The van der Waals surface area contributed by atoms with Crippen LogP contribution in [0.1, 0.15) is 90.4 Å². The highest BCUT2D eigenvalue weighted by Gasteiger charge is 2.04. The van der Waals surface area contributed by atoms with Crippen molar-refractivity contribution in [2.45, 2.75) is 96.4 Å². The molecule has 2 nitrogen and oxygen atoms in total. The Hall–Kier alpha value is -0.810. The zero-order valence-corrected chi connectivity index (χ0v) is 14.0. The number of hydrogen-bond donors (Lipinski definition) is 1. The molecule has 1 atom stereocenters. The van der Waals surface area contributed by atoms with Crippen LogP contribution in [-0.2, 0) is 4.79 Å². The molecular formula is C19H35NO. The largest absolute Gasteiger partial charge is 0.302 e. The van der Waals surface area contributed by atoms with Gasteiger partial charge in [0.05, 0.1) is 12.6 Å². The third-order valence-electron chi connectivity index (χ3n) is 4.00. The van der Waals surface area contributed by atoms with Gasteiger partial charge in [-0.3, -0.25) is 5.32 Å². The van der Waals surface area contributed by atoms with Crippen molar-refractivity contribution in [1.82, 2.24) is 5.32 Å². The molecular weight excluding hydrogens is 258 g/mol. The van der Waals surface area contributed by atoms with Crippen molar-refractivity contribution in [3.63, 3.8) is 0 Å². The first-order valence-electron chi connectivity index (χ1n) is 8.97. The molecule has 0 bridgehead atoms. The second-order valence-electron chi connectivity index (χ2n) is 6.01. The van der Waals surface area contributed by atoms with Gasteiger partial charge in [-0.05, 0) is 6.42 Å². The monoisotopic (exact) mass is 293 g/mol. The number of rotatable bonds is 16. The molecule has 21 heavy (non-hydrogen) atoms. The first kappa shape index (κ1) is 20.2. The van der Waals surface area contributed by atoms with Crippen LogP contribution >= 0.6 is 0 Å². The quantitative estimate of drug-likeness (QED) is 0.250. The average Bonchev–Trinajstić information content (AvgIpc) is 2.51. The van der Waals surface area contributed by atoms with Crippen LogP contribution < -0.4 is 5.32 Å². The van der Waals surface area contributed by atoms with Gasteiger partial charge in [-0.1, -0.05) is 89.9 Å². The van der Waals surface area contributed by atoms with Gasteiger partial charge in [0.15, 0.2) is 0 Å². The van der Waals surface area contributed by atoms with E-state index in [1.165, 1.54) is 70.6 Å². The topological polar surface area (TPSA) is 29.1 Å². The fraction of sp³-hybridized carbons (Fsp3) is 0.842. The number of hydrogen-bond acceptors (Lipinski definition) is 2. The van der Waals surface area contributed by atoms with Crippen molar-refractivity contribution in [3.05, 3.63) is 0 Å². The number of unbranched alkanes of at least 4 members (excludes halogenated alkanes) is 11. The van der Waals surface area contributed by atoms with Gasteiger partial charge < -0.3 is 4.79 Å². The highest BCUT2D eigenvalue weighted by atomic mass is 16.1. The Kier molecular flexibility index (Phi) is 16.6. The molecule has 0 saturated heterocycles. The van der Waals surface area contributed by atoms with Crippen LogP contribution in [0.3, 0.4) is 0 Å². The SMILES string of the molecule is C#CCNC(C=O)CCCCCCCCCCCCCC. The van der Waals surface area contributed by atoms with Gasteiger partial charge in [0.2, 0.25) is 0 Å². The minimum absolute atomic E-state index is 0.0517. The maximum Gasteiger partial charge on any atom is 0.136 e. The number of terminal acetylenes is 1. The van der Waals surface area contributed by atoms with Crippen LogP contribution in [0.4, 0.5) is 0 Å². The molecule has 0 spiro atoms. The van der Waals surface area contributed by atoms with Crippen molar-refractivity contribution in [1.29, 1.82) is 0 Å². The predicted molar refractivity (Wildman–Crippen MR) is 92.4 cm³/mol. The Morgan fingerprint density at radius 1 is 0.905 bits per heavy atom.